The maximum absolute atomic E-state index is 12.0. The Labute approximate surface area is 121 Å². The smallest absolute Gasteiger partial charge is 0.267 e. The molecule has 0 aliphatic heterocycles. The van der Waals surface area contributed by atoms with Crippen molar-refractivity contribution < 1.29 is 4.79 Å². The number of nitrogens with one attached hydrogen (secondary N) is 1. The summed E-state index contributed by atoms with van der Waals surface area (Å²) in [7, 11) is 0. The van der Waals surface area contributed by atoms with E-state index in [9.17, 15) is 4.79 Å². The average Bonchev–Trinajstić information content (AvgIpc) is 2.68. The van der Waals surface area contributed by atoms with Gasteiger partial charge in [-0.2, -0.15) is 0 Å². The van der Waals surface area contributed by atoms with E-state index in [1.54, 1.807) is 23.7 Å². The van der Waals surface area contributed by atoms with Gasteiger partial charge in [0, 0.05) is 8.59 Å². The van der Waals surface area contributed by atoms with Crippen LogP contribution < -0.4 is 5.32 Å². The second-order valence-corrected chi connectivity index (χ2v) is 5.80. The second kappa shape index (κ2) is 5.32. The Balaban J connectivity index is 2.22. The Morgan fingerprint density at radius 2 is 2.29 bits per heavy atom. The van der Waals surface area contributed by atoms with Gasteiger partial charge in [-0.3, -0.25) is 4.79 Å². The summed E-state index contributed by atoms with van der Waals surface area (Å²) in [4.78, 5) is 16.6. The van der Waals surface area contributed by atoms with Crippen LogP contribution in [0, 0.1) is 10.5 Å². The number of hydrogen-bond donors (Lipinski definition) is 1. The fourth-order valence-electron chi connectivity index (χ4n) is 1.29. The molecule has 1 amide bonds. The summed E-state index contributed by atoms with van der Waals surface area (Å²) in [5.74, 6) is -0.134. The molecule has 0 aliphatic carbocycles. The standard InChI is InChI=1S/C11H8ClIN2OS/c1-6-10(17-5-14-6)11(16)15-9-3-2-7(12)4-8(9)13/h2-5H,1H3,(H,15,16). The number of benzene rings is 1. The zero-order valence-corrected chi connectivity index (χ0v) is 12.6. The van der Waals surface area contributed by atoms with E-state index in [1.807, 2.05) is 6.92 Å². The molecule has 3 nitrogen and oxygen atoms in total. The monoisotopic (exact) mass is 378 g/mol. The predicted molar refractivity (Wildman–Crippen MR) is 79.0 cm³/mol. The van der Waals surface area contributed by atoms with E-state index in [-0.39, 0.29) is 5.91 Å². The van der Waals surface area contributed by atoms with E-state index in [0.717, 1.165) is 15.0 Å². The van der Waals surface area contributed by atoms with Crippen molar-refractivity contribution in [2.24, 2.45) is 0 Å². The molecular weight excluding hydrogens is 371 g/mol. The highest BCUT2D eigenvalue weighted by atomic mass is 127. The van der Waals surface area contributed by atoms with Crippen LogP contribution >= 0.6 is 45.5 Å². The number of rotatable bonds is 2. The number of anilines is 1. The molecule has 0 fully saturated rings. The van der Waals surface area contributed by atoms with Gasteiger partial charge < -0.3 is 5.32 Å². The van der Waals surface area contributed by atoms with Crippen molar-refractivity contribution in [3.05, 3.63) is 42.9 Å². The lowest BCUT2D eigenvalue weighted by Crippen LogP contribution is -2.12. The van der Waals surface area contributed by atoms with Gasteiger partial charge in [0.25, 0.3) is 5.91 Å². The van der Waals surface area contributed by atoms with Crippen LogP contribution in [0.3, 0.4) is 0 Å². The molecule has 1 aromatic carbocycles. The number of amides is 1. The number of aryl methyl sites for hydroxylation is 1. The van der Waals surface area contributed by atoms with Crippen molar-refractivity contribution in [3.8, 4) is 0 Å². The lowest BCUT2D eigenvalue weighted by molar-refractivity contribution is 0.102. The van der Waals surface area contributed by atoms with Gasteiger partial charge in [0.15, 0.2) is 0 Å². The van der Waals surface area contributed by atoms with Gasteiger partial charge in [0.1, 0.15) is 4.88 Å². The molecule has 2 rings (SSSR count). The molecule has 0 saturated heterocycles. The van der Waals surface area contributed by atoms with E-state index in [2.05, 4.69) is 32.9 Å². The van der Waals surface area contributed by atoms with Crippen molar-refractivity contribution >= 4 is 57.1 Å². The number of hydrogen-bond acceptors (Lipinski definition) is 3. The predicted octanol–water partition coefficient (Wildman–Crippen LogP) is 3.96. The molecule has 1 heterocycles. The van der Waals surface area contributed by atoms with Gasteiger partial charge >= 0.3 is 0 Å². The molecular formula is C11H8ClIN2OS. The van der Waals surface area contributed by atoms with Crippen molar-refractivity contribution in [2.75, 3.05) is 5.32 Å². The number of carbonyl (C=O) groups excluding carboxylic acids is 1. The van der Waals surface area contributed by atoms with E-state index in [4.69, 9.17) is 11.6 Å². The molecule has 1 N–H and O–H groups in total. The zero-order valence-electron chi connectivity index (χ0n) is 8.83. The number of nitrogens with zero attached hydrogens (tertiary/aromatic N) is 1. The molecule has 2 aromatic rings. The van der Waals surface area contributed by atoms with E-state index < -0.39 is 0 Å². The minimum Gasteiger partial charge on any atom is -0.320 e. The minimum atomic E-state index is -0.134. The number of carbonyl (C=O) groups is 1. The van der Waals surface area contributed by atoms with E-state index in [1.165, 1.54) is 11.3 Å². The summed E-state index contributed by atoms with van der Waals surface area (Å²) in [6, 6.07) is 5.34. The van der Waals surface area contributed by atoms with Crippen LogP contribution in [0.25, 0.3) is 0 Å². The third-order valence-corrected chi connectivity index (χ3v) is 4.19. The van der Waals surface area contributed by atoms with Crippen molar-refractivity contribution in [1.82, 2.24) is 4.98 Å². The molecule has 0 atom stereocenters. The Hall–Kier alpha value is -0.660. The van der Waals surface area contributed by atoms with Crippen LogP contribution in [-0.2, 0) is 0 Å². The van der Waals surface area contributed by atoms with Crippen LogP contribution in [0.1, 0.15) is 15.4 Å². The van der Waals surface area contributed by atoms with E-state index in [0.29, 0.717) is 9.90 Å². The highest BCUT2D eigenvalue weighted by molar-refractivity contribution is 14.1. The normalized spacial score (nSPS) is 10.3. The lowest BCUT2D eigenvalue weighted by atomic mass is 10.3. The molecule has 0 bridgehead atoms. The average molecular weight is 379 g/mol. The SMILES string of the molecule is Cc1ncsc1C(=O)Nc1ccc(Cl)cc1I. The molecule has 6 heteroatoms. The minimum absolute atomic E-state index is 0.134. The third-order valence-electron chi connectivity index (χ3n) is 2.13. The molecule has 0 saturated carbocycles. The van der Waals surface area contributed by atoms with Gasteiger partial charge in [0.05, 0.1) is 16.9 Å². The second-order valence-electron chi connectivity index (χ2n) is 3.35. The number of halogens is 2. The van der Waals surface area contributed by atoms with Crippen molar-refractivity contribution in [3.63, 3.8) is 0 Å². The number of thiazole rings is 1. The highest BCUT2D eigenvalue weighted by Gasteiger charge is 2.13. The zero-order chi connectivity index (χ0) is 12.4. The molecule has 0 radical (unpaired) electrons. The van der Waals surface area contributed by atoms with Gasteiger partial charge in [-0.05, 0) is 47.7 Å². The molecule has 0 spiro atoms. The summed E-state index contributed by atoms with van der Waals surface area (Å²) >= 11 is 9.32. The number of aromatic nitrogens is 1. The first-order valence-electron chi connectivity index (χ1n) is 4.74. The summed E-state index contributed by atoms with van der Waals surface area (Å²) in [5, 5.41) is 3.50. The van der Waals surface area contributed by atoms with Crippen molar-refractivity contribution in [1.29, 1.82) is 0 Å². The molecule has 0 unspecified atom stereocenters. The summed E-state index contributed by atoms with van der Waals surface area (Å²) in [6.07, 6.45) is 0. The van der Waals surface area contributed by atoms with Gasteiger partial charge in [-0.25, -0.2) is 4.98 Å². The Morgan fingerprint density at radius 1 is 1.53 bits per heavy atom. The first-order valence-corrected chi connectivity index (χ1v) is 7.08. The highest BCUT2D eigenvalue weighted by Crippen LogP contribution is 2.23. The topological polar surface area (TPSA) is 42.0 Å². The molecule has 17 heavy (non-hydrogen) atoms. The van der Waals surface area contributed by atoms with Crippen LogP contribution in [0.2, 0.25) is 5.02 Å². The summed E-state index contributed by atoms with van der Waals surface area (Å²) < 4.78 is 0.908. The molecule has 1 aromatic heterocycles. The lowest BCUT2D eigenvalue weighted by Gasteiger charge is -2.06. The van der Waals surface area contributed by atoms with Crippen LogP contribution in [0.5, 0.6) is 0 Å². The maximum Gasteiger partial charge on any atom is 0.267 e. The quantitative estimate of drug-likeness (QED) is 0.804. The fraction of sp³-hybridized carbons (Fsp3) is 0.0909. The van der Waals surface area contributed by atoms with Crippen molar-refractivity contribution in [2.45, 2.75) is 6.92 Å². The third kappa shape index (κ3) is 2.97. The first kappa shape index (κ1) is 12.8. The van der Waals surface area contributed by atoms with Crippen LogP contribution in [0.4, 0.5) is 5.69 Å². The Bertz CT molecular complexity index is 570. The molecule has 88 valence electrons. The maximum atomic E-state index is 12.0. The summed E-state index contributed by atoms with van der Waals surface area (Å²) in [5.41, 5.74) is 3.17. The molecule has 0 aliphatic rings. The van der Waals surface area contributed by atoms with Crippen LogP contribution in [0.15, 0.2) is 23.7 Å². The van der Waals surface area contributed by atoms with Crippen LogP contribution in [-0.4, -0.2) is 10.9 Å². The Kier molecular flexibility index (Phi) is 4.01. The fourth-order valence-corrected chi connectivity index (χ4v) is 2.99. The largest absolute Gasteiger partial charge is 0.320 e. The van der Waals surface area contributed by atoms with Gasteiger partial charge in [0.2, 0.25) is 0 Å². The van der Waals surface area contributed by atoms with Gasteiger partial charge in [-0.15, -0.1) is 11.3 Å². The van der Waals surface area contributed by atoms with E-state index >= 15 is 0 Å². The summed E-state index contributed by atoms with van der Waals surface area (Å²) in [6.45, 7) is 1.82. The van der Waals surface area contributed by atoms with Gasteiger partial charge in [-0.1, -0.05) is 11.6 Å². The first-order chi connectivity index (χ1) is 8.08. The Morgan fingerprint density at radius 3 is 2.88 bits per heavy atom.